The van der Waals surface area contributed by atoms with Crippen molar-refractivity contribution in [2.75, 3.05) is 6.26 Å². The van der Waals surface area contributed by atoms with E-state index in [1.807, 2.05) is 55.6 Å². The van der Waals surface area contributed by atoms with E-state index in [2.05, 4.69) is 6.07 Å². The van der Waals surface area contributed by atoms with E-state index in [1.54, 1.807) is 11.8 Å². The summed E-state index contributed by atoms with van der Waals surface area (Å²) in [6.45, 7) is 1.99. The van der Waals surface area contributed by atoms with Gasteiger partial charge in [0.05, 0.1) is 0 Å². The zero-order valence-corrected chi connectivity index (χ0v) is 11.1. The standard InChI is InChI=1S/C15H13NOS/c1-11-6-3-4-7-13(11)17-14-8-5-9-15(18-2)12(14)10-16/h3-9H,1-2H3. The molecule has 0 saturated carbocycles. The number of ether oxygens (including phenoxy) is 1. The second-order valence-corrected chi connectivity index (χ2v) is 4.66. The first-order valence-corrected chi connectivity index (χ1v) is 6.79. The van der Waals surface area contributed by atoms with Crippen molar-refractivity contribution in [3.05, 3.63) is 53.6 Å². The average molecular weight is 255 g/mol. The molecule has 0 saturated heterocycles. The molecule has 0 fully saturated rings. The summed E-state index contributed by atoms with van der Waals surface area (Å²) < 4.78 is 5.84. The van der Waals surface area contributed by atoms with Crippen molar-refractivity contribution in [1.82, 2.24) is 0 Å². The number of para-hydroxylation sites is 1. The SMILES string of the molecule is CSc1cccc(Oc2ccccc2C)c1C#N. The van der Waals surface area contributed by atoms with Crippen LogP contribution in [0.1, 0.15) is 11.1 Å². The van der Waals surface area contributed by atoms with Gasteiger partial charge in [-0.05, 0) is 36.9 Å². The number of aryl methyl sites for hydroxylation is 1. The van der Waals surface area contributed by atoms with Gasteiger partial charge in [0.2, 0.25) is 0 Å². The highest BCUT2D eigenvalue weighted by molar-refractivity contribution is 7.98. The lowest BCUT2D eigenvalue weighted by atomic mass is 10.2. The summed E-state index contributed by atoms with van der Waals surface area (Å²) in [5.41, 5.74) is 1.64. The Hall–Kier alpha value is -1.92. The molecular formula is C15H13NOS. The van der Waals surface area contributed by atoms with Crippen LogP contribution in [0.2, 0.25) is 0 Å². The molecule has 3 heteroatoms. The van der Waals surface area contributed by atoms with Crippen LogP contribution in [0.25, 0.3) is 0 Å². The quantitative estimate of drug-likeness (QED) is 0.763. The third-order valence-corrected chi connectivity index (χ3v) is 3.41. The minimum atomic E-state index is 0.591. The summed E-state index contributed by atoms with van der Waals surface area (Å²) in [6.07, 6.45) is 1.95. The number of nitriles is 1. The first-order chi connectivity index (χ1) is 8.76. The second kappa shape index (κ2) is 5.61. The summed E-state index contributed by atoms with van der Waals surface area (Å²) in [6, 6.07) is 15.6. The first kappa shape index (κ1) is 12.5. The first-order valence-electron chi connectivity index (χ1n) is 5.57. The highest BCUT2D eigenvalue weighted by Gasteiger charge is 2.10. The second-order valence-electron chi connectivity index (χ2n) is 3.81. The van der Waals surface area contributed by atoms with Crippen LogP contribution in [0.15, 0.2) is 47.4 Å². The van der Waals surface area contributed by atoms with E-state index in [9.17, 15) is 5.26 Å². The molecular weight excluding hydrogens is 242 g/mol. The molecule has 0 atom stereocenters. The van der Waals surface area contributed by atoms with Gasteiger partial charge in [0, 0.05) is 4.90 Å². The minimum absolute atomic E-state index is 0.591. The van der Waals surface area contributed by atoms with Gasteiger partial charge in [-0.3, -0.25) is 0 Å². The van der Waals surface area contributed by atoms with E-state index in [0.29, 0.717) is 11.3 Å². The molecule has 0 N–H and O–H groups in total. The fourth-order valence-corrected chi connectivity index (χ4v) is 2.23. The van der Waals surface area contributed by atoms with Crippen molar-refractivity contribution in [3.8, 4) is 17.6 Å². The fraction of sp³-hybridized carbons (Fsp3) is 0.133. The number of thioether (sulfide) groups is 1. The molecule has 0 heterocycles. The van der Waals surface area contributed by atoms with E-state index in [0.717, 1.165) is 16.2 Å². The van der Waals surface area contributed by atoms with Gasteiger partial charge in [0.15, 0.2) is 0 Å². The molecule has 0 amide bonds. The molecule has 2 aromatic rings. The summed E-state index contributed by atoms with van der Waals surface area (Å²) in [5.74, 6) is 1.39. The number of rotatable bonds is 3. The highest BCUT2D eigenvalue weighted by atomic mass is 32.2. The summed E-state index contributed by atoms with van der Waals surface area (Å²) in [4.78, 5) is 0.934. The lowest BCUT2D eigenvalue weighted by Gasteiger charge is -2.11. The zero-order chi connectivity index (χ0) is 13.0. The number of hydrogen-bond donors (Lipinski definition) is 0. The molecule has 0 unspecified atom stereocenters. The van der Waals surface area contributed by atoms with Crippen LogP contribution in [-0.4, -0.2) is 6.26 Å². The van der Waals surface area contributed by atoms with Crippen LogP contribution in [-0.2, 0) is 0 Å². The molecule has 0 spiro atoms. The lowest BCUT2D eigenvalue weighted by Crippen LogP contribution is -1.91. The monoisotopic (exact) mass is 255 g/mol. The van der Waals surface area contributed by atoms with Crippen LogP contribution >= 0.6 is 11.8 Å². The molecule has 0 aliphatic rings. The van der Waals surface area contributed by atoms with Gasteiger partial charge in [0.1, 0.15) is 23.1 Å². The van der Waals surface area contributed by atoms with Crippen LogP contribution in [0, 0.1) is 18.3 Å². The summed E-state index contributed by atoms with van der Waals surface area (Å²) >= 11 is 1.55. The summed E-state index contributed by atoms with van der Waals surface area (Å²) in [5, 5.41) is 9.23. The minimum Gasteiger partial charge on any atom is -0.456 e. The summed E-state index contributed by atoms with van der Waals surface area (Å²) in [7, 11) is 0. The van der Waals surface area contributed by atoms with Crippen molar-refractivity contribution >= 4 is 11.8 Å². The molecule has 90 valence electrons. The van der Waals surface area contributed by atoms with Gasteiger partial charge in [-0.2, -0.15) is 5.26 Å². The van der Waals surface area contributed by atoms with Gasteiger partial charge >= 0.3 is 0 Å². The predicted octanol–water partition coefficient (Wildman–Crippen LogP) is 4.38. The normalized spacial score (nSPS) is 9.83. The van der Waals surface area contributed by atoms with E-state index >= 15 is 0 Å². The maximum Gasteiger partial charge on any atom is 0.146 e. The Bertz CT molecular complexity index is 602. The van der Waals surface area contributed by atoms with Crippen LogP contribution in [0.3, 0.4) is 0 Å². The Morgan fingerprint density at radius 3 is 2.44 bits per heavy atom. The fourth-order valence-electron chi connectivity index (χ4n) is 1.67. The Labute approximate surface area is 111 Å². The van der Waals surface area contributed by atoms with Crippen LogP contribution in [0.5, 0.6) is 11.5 Å². The van der Waals surface area contributed by atoms with E-state index in [1.165, 1.54) is 0 Å². The smallest absolute Gasteiger partial charge is 0.146 e. The Morgan fingerprint density at radius 1 is 1.06 bits per heavy atom. The lowest BCUT2D eigenvalue weighted by molar-refractivity contribution is 0.476. The third-order valence-electron chi connectivity index (χ3n) is 2.63. The Kier molecular flexibility index (Phi) is 3.91. The van der Waals surface area contributed by atoms with Gasteiger partial charge in [-0.15, -0.1) is 11.8 Å². The maximum absolute atomic E-state index is 9.23. The van der Waals surface area contributed by atoms with Crippen molar-refractivity contribution in [2.45, 2.75) is 11.8 Å². The Morgan fingerprint density at radius 2 is 1.78 bits per heavy atom. The molecule has 0 radical (unpaired) electrons. The van der Waals surface area contributed by atoms with Gasteiger partial charge < -0.3 is 4.74 Å². The average Bonchev–Trinajstić information content (AvgIpc) is 2.41. The van der Waals surface area contributed by atoms with E-state index in [4.69, 9.17) is 4.74 Å². The maximum atomic E-state index is 9.23. The van der Waals surface area contributed by atoms with Gasteiger partial charge in [-0.1, -0.05) is 24.3 Å². The number of benzene rings is 2. The van der Waals surface area contributed by atoms with Crippen LogP contribution in [0.4, 0.5) is 0 Å². The van der Waals surface area contributed by atoms with Crippen molar-refractivity contribution in [1.29, 1.82) is 5.26 Å². The molecule has 0 bridgehead atoms. The molecule has 2 rings (SSSR count). The zero-order valence-electron chi connectivity index (χ0n) is 10.3. The molecule has 2 nitrogen and oxygen atoms in total. The van der Waals surface area contributed by atoms with Crippen LogP contribution < -0.4 is 4.74 Å². The van der Waals surface area contributed by atoms with Crippen molar-refractivity contribution < 1.29 is 4.74 Å². The molecule has 0 aliphatic heterocycles. The molecule has 18 heavy (non-hydrogen) atoms. The van der Waals surface area contributed by atoms with E-state index < -0.39 is 0 Å². The molecule has 2 aromatic carbocycles. The topological polar surface area (TPSA) is 33.0 Å². The van der Waals surface area contributed by atoms with Gasteiger partial charge in [-0.25, -0.2) is 0 Å². The number of nitrogens with zero attached hydrogens (tertiary/aromatic N) is 1. The largest absolute Gasteiger partial charge is 0.456 e. The molecule has 0 aliphatic carbocycles. The predicted molar refractivity (Wildman–Crippen MR) is 74.2 cm³/mol. The highest BCUT2D eigenvalue weighted by Crippen LogP contribution is 2.32. The van der Waals surface area contributed by atoms with Gasteiger partial charge in [0.25, 0.3) is 0 Å². The third kappa shape index (κ3) is 2.49. The molecule has 0 aromatic heterocycles. The number of hydrogen-bond acceptors (Lipinski definition) is 3. The van der Waals surface area contributed by atoms with Crippen molar-refractivity contribution in [2.24, 2.45) is 0 Å². The Balaban J connectivity index is 2.42. The van der Waals surface area contributed by atoms with E-state index in [-0.39, 0.29) is 0 Å². The van der Waals surface area contributed by atoms with Crippen molar-refractivity contribution in [3.63, 3.8) is 0 Å².